The summed E-state index contributed by atoms with van der Waals surface area (Å²) < 4.78 is 0. The molecule has 0 unspecified atom stereocenters. The summed E-state index contributed by atoms with van der Waals surface area (Å²) >= 11 is 0. The van der Waals surface area contributed by atoms with Gasteiger partial charge < -0.3 is 20.6 Å². The lowest BCUT2D eigenvalue weighted by molar-refractivity contribution is -0.136. The highest BCUT2D eigenvalue weighted by Crippen LogP contribution is 2.14. The zero-order valence-corrected chi connectivity index (χ0v) is 14.4. The highest BCUT2D eigenvalue weighted by Gasteiger charge is 2.30. The molecule has 3 amide bonds. The molecule has 0 saturated carbocycles. The van der Waals surface area contributed by atoms with Gasteiger partial charge in [0.25, 0.3) is 0 Å². The maximum absolute atomic E-state index is 12.7. The number of hydrogen-bond donors (Lipinski definition) is 3. The van der Waals surface area contributed by atoms with Gasteiger partial charge >= 0.3 is 6.03 Å². The fourth-order valence-corrected chi connectivity index (χ4v) is 2.77. The Balaban J connectivity index is 1.88. The summed E-state index contributed by atoms with van der Waals surface area (Å²) in [5.41, 5.74) is 1.00. The number of nitrogens with one attached hydrogen (secondary N) is 2. The van der Waals surface area contributed by atoms with Crippen molar-refractivity contribution in [2.75, 3.05) is 13.1 Å². The molecule has 0 aromatic heterocycles. The monoisotopic (exact) mass is 333 g/mol. The lowest BCUT2D eigenvalue weighted by Crippen LogP contribution is -2.55. The third-order valence-corrected chi connectivity index (χ3v) is 4.29. The maximum Gasteiger partial charge on any atom is 0.315 e. The number of benzene rings is 1. The molecule has 1 saturated heterocycles. The molecule has 1 atom stereocenters. The fraction of sp³-hybridized carbons (Fsp3) is 0.556. The van der Waals surface area contributed by atoms with Crippen molar-refractivity contribution >= 4 is 11.9 Å². The van der Waals surface area contributed by atoms with Crippen molar-refractivity contribution in [3.8, 4) is 0 Å². The highest BCUT2D eigenvalue weighted by molar-refractivity contribution is 5.87. The number of likely N-dealkylation sites (tertiary alicyclic amines) is 1. The van der Waals surface area contributed by atoms with Crippen molar-refractivity contribution in [1.82, 2.24) is 15.5 Å². The largest absolute Gasteiger partial charge is 0.393 e. The Hall–Kier alpha value is -2.08. The molecule has 1 fully saturated rings. The molecule has 0 radical (unpaired) electrons. The van der Waals surface area contributed by atoms with Gasteiger partial charge in [-0.1, -0.05) is 44.2 Å². The van der Waals surface area contributed by atoms with Crippen molar-refractivity contribution in [3.63, 3.8) is 0 Å². The van der Waals surface area contributed by atoms with E-state index in [1.807, 2.05) is 44.2 Å². The molecule has 2 rings (SSSR count). The number of carbonyl (C=O) groups is 2. The number of hydrogen-bond acceptors (Lipinski definition) is 3. The smallest absolute Gasteiger partial charge is 0.315 e. The van der Waals surface area contributed by atoms with Crippen LogP contribution in [0.5, 0.6) is 0 Å². The lowest BCUT2D eigenvalue weighted by atomic mass is 10.0. The van der Waals surface area contributed by atoms with Crippen molar-refractivity contribution in [1.29, 1.82) is 0 Å². The van der Waals surface area contributed by atoms with Crippen molar-refractivity contribution in [2.45, 2.75) is 45.4 Å². The van der Waals surface area contributed by atoms with Gasteiger partial charge in [-0.25, -0.2) is 4.79 Å². The number of aliphatic hydroxyl groups is 1. The van der Waals surface area contributed by atoms with Crippen LogP contribution in [0.4, 0.5) is 4.79 Å². The van der Waals surface area contributed by atoms with E-state index >= 15 is 0 Å². The van der Waals surface area contributed by atoms with E-state index in [2.05, 4.69) is 10.6 Å². The van der Waals surface area contributed by atoms with Gasteiger partial charge in [-0.3, -0.25) is 4.79 Å². The van der Waals surface area contributed by atoms with Gasteiger partial charge in [0.15, 0.2) is 0 Å². The number of piperidine rings is 1. The van der Waals surface area contributed by atoms with E-state index in [-0.39, 0.29) is 24.0 Å². The Labute approximate surface area is 143 Å². The van der Waals surface area contributed by atoms with Gasteiger partial charge in [0.2, 0.25) is 5.91 Å². The maximum atomic E-state index is 12.7. The second-order valence-corrected chi connectivity index (χ2v) is 6.59. The summed E-state index contributed by atoms with van der Waals surface area (Å²) in [6.07, 6.45) is 0.863. The molecule has 132 valence electrons. The zero-order chi connectivity index (χ0) is 17.5. The summed E-state index contributed by atoms with van der Waals surface area (Å²) in [6, 6.07) is 8.72. The summed E-state index contributed by atoms with van der Waals surface area (Å²) in [5, 5.41) is 15.1. The number of nitrogens with zero attached hydrogens (tertiary/aromatic N) is 1. The third kappa shape index (κ3) is 5.23. The van der Waals surface area contributed by atoms with E-state index in [1.54, 1.807) is 4.90 Å². The molecule has 6 nitrogen and oxygen atoms in total. The topological polar surface area (TPSA) is 81.7 Å². The average molecular weight is 333 g/mol. The average Bonchev–Trinajstić information content (AvgIpc) is 2.58. The quantitative estimate of drug-likeness (QED) is 0.764. The van der Waals surface area contributed by atoms with Crippen LogP contribution in [-0.4, -0.2) is 47.2 Å². The van der Waals surface area contributed by atoms with Crippen LogP contribution >= 0.6 is 0 Å². The molecule has 6 heteroatoms. The number of aliphatic hydroxyl groups excluding tert-OH is 1. The molecule has 24 heavy (non-hydrogen) atoms. The molecule has 3 N–H and O–H groups in total. The fourth-order valence-electron chi connectivity index (χ4n) is 2.77. The van der Waals surface area contributed by atoms with Gasteiger partial charge in [-0.2, -0.15) is 0 Å². The lowest BCUT2D eigenvalue weighted by Gasteiger charge is -2.34. The molecule has 1 aromatic rings. The molecular formula is C18H27N3O3. The van der Waals surface area contributed by atoms with E-state index in [0.29, 0.717) is 32.5 Å². The number of rotatable bonds is 5. The molecule has 1 aromatic carbocycles. The van der Waals surface area contributed by atoms with Gasteiger partial charge in [0.1, 0.15) is 6.04 Å². The first kappa shape index (κ1) is 18.3. The van der Waals surface area contributed by atoms with Gasteiger partial charge in [0.05, 0.1) is 6.10 Å². The van der Waals surface area contributed by atoms with Crippen LogP contribution in [0.3, 0.4) is 0 Å². The second kappa shape index (κ2) is 8.68. The number of carbonyl (C=O) groups excluding carboxylic acids is 2. The predicted molar refractivity (Wildman–Crippen MR) is 92.3 cm³/mol. The van der Waals surface area contributed by atoms with Crippen molar-refractivity contribution in [3.05, 3.63) is 35.9 Å². The Morgan fingerprint density at radius 1 is 1.21 bits per heavy atom. The van der Waals surface area contributed by atoms with Crippen LogP contribution in [0.2, 0.25) is 0 Å². The first-order valence-electron chi connectivity index (χ1n) is 8.52. The normalized spacial score (nSPS) is 16.8. The summed E-state index contributed by atoms with van der Waals surface area (Å²) in [5.74, 6) is -0.0846. The van der Waals surface area contributed by atoms with E-state index in [9.17, 15) is 14.7 Å². The Kier molecular flexibility index (Phi) is 6.61. The van der Waals surface area contributed by atoms with Crippen LogP contribution in [0.1, 0.15) is 32.3 Å². The van der Waals surface area contributed by atoms with E-state index in [0.717, 1.165) is 5.56 Å². The van der Waals surface area contributed by atoms with Gasteiger partial charge in [-0.05, 0) is 24.3 Å². The van der Waals surface area contributed by atoms with E-state index in [4.69, 9.17) is 0 Å². The molecule has 0 aliphatic carbocycles. The number of amides is 3. The van der Waals surface area contributed by atoms with Crippen LogP contribution in [0.25, 0.3) is 0 Å². The minimum Gasteiger partial charge on any atom is -0.393 e. The Morgan fingerprint density at radius 2 is 1.83 bits per heavy atom. The molecule has 0 bridgehead atoms. The minimum absolute atomic E-state index is 0.00757. The van der Waals surface area contributed by atoms with Gasteiger partial charge in [-0.15, -0.1) is 0 Å². The highest BCUT2D eigenvalue weighted by atomic mass is 16.3. The molecule has 1 aliphatic rings. The summed E-state index contributed by atoms with van der Waals surface area (Å²) in [4.78, 5) is 26.5. The molecule has 1 aliphatic heterocycles. The second-order valence-electron chi connectivity index (χ2n) is 6.59. The van der Waals surface area contributed by atoms with Crippen molar-refractivity contribution in [2.24, 2.45) is 5.92 Å². The minimum atomic E-state index is -0.559. The predicted octanol–water partition coefficient (Wildman–Crippen LogP) is 1.49. The Bertz CT molecular complexity index is 540. The molecular weight excluding hydrogens is 306 g/mol. The van der Waals surface area contributed by atoms with Crippen LogP contribution < -0.4 is 10.6 Å². The summed E-state index contributed by atoms with van der Waals surface area (Å²) in [6.45, 7) is 5.33. The van der Waals surface area contributed by atoms with Crippen LogP contribution in [-0.2, 0) is 11.3 Å². The van der Waals surface area contributed by atoms with Crippen LogP contribution in [0.15, 0.2) is 30.3 Å². The summed E-state index contributed by atoms with van der Waals surface area (Å²) in [7, 11) is 0. The van der Waals surface area contributed by atoms with Crippen molar-refractivity contribution < 1.29 is 14.7 Å². The SMILES string of the molecule is CC(C)[C@H](NC(=O)NCc1ccccc1)C(=O)N1CCC(O)CC1. The first-order chi connectivity index (χ1) is 11.5. The van der Waals surface area contributed by atoms with Crippen LogP contribution in [0, 0.1) is 5.92 Å². The molecule has 0 spiro atoms. The standard InChI is InChI=1S/C18H27N3O3/c1-13(2)16(17(23)21-10-8-15(22)9-11-21)20-18(24)19-12-14-6-4-3-5-7-14/h3-7,13,15-16,22H,8-12H2,1-2H3,(H2,19,20,24)/t16-/m0/s1. The Morgan fingerprint density at radius 3 is 2.42 bits per heavy atom. The third-order valence-electron chi connectivity index (χ3n) is 4.29. The first-order valence-corrected chi connectivity index (χ1v) is 8.52. The van der Waals surface area contributed by atoms with E-state index < -0.39 is 6.04 Å². The number of urea groups is 1. The zero-order valence-electron chi connectivity index (χ0n) is 14.4. The van der Waals surface area contributed by atoms with E-state index in [1.165, 1.54) is 0 Å². The van der Waals surface area contributed by atoms with Gasteiger partial charge in [0, 0.05) is 19.6 Å². The molecule has 1 heterocycles.